The van der Waals surface area contributed by atoms with Crippen LogP contribution in [0.5, 0.6) is 0 Å². The predicted molar refractivity (Wildman–Crippen MR) is 130 cm³/mol. The molecule has 2 aromatic rings. The summed E-state index contributed by atoms with van der Waals surface area (Å²) in [6.45, 7) is 3.60. The second-order valence-electron chi connectivity index (χ2n) is 8.64. The average molecular weight is 494 g/mol. The van der Waals surface area contributed by atoms with E-state index in [0.717, 1.165) is 28.5 Å². The van der Waals surface area contributed by atoms with Crippen LogP contribution in [-0.4, -0.2) is 46.8 Å². The molecule has 1 heterocycles. The van der Waals surface area contributed by atoms with Gasteiger partial charge in [-0.05, 0) is 48.9 Å². The van der Waals surface area contributed by atoms with Gasteiger partial charge in [-0.2, -0.15) is 0 Å². The highest BCUT2D eigenvalue weighted by Crippen LogP contribution is 2.28. The van der Waals surface area contributed by atoms with E-state index in [-0.39, 0.29) is 12.3 Å². The fourth-order valence-corrected chi connectivity index (χ4v) is 5.14. The first-order valence-corrected chi connectivity index (χ1v) is 14.3. The van der Waals surface area contributed by atoms with E-state index in [0.29, 0.717) is 19.4 Å². The molecule has 0 radical (unpaired) electrons. The van der Waals surface area contributed by atoms with Crippen molar-refractivity contribution in [3.8, 4) is 11.1 Å². The minimum absolute atomic E-state index is 0.0926. The van der Waals surface area contributed by atoms with Gasteiger partial charge in [0, 0.05) is 19.0 Å². The van der Waals surface area contributed by atoms with Crippen LogP contribution in [0.15, 0.2) is 48.5 Å². The maximum Gasteiger partial charge on any atom is 0.220 e. The molecule has 0 aromatic heterocycles. The molecule has 0 bridgehead atoms. The van der Waals surface area contributed by atoms with Gasteiger partial charge >= 0.3 is 0 Å². The molecule has 2 atom stereocenters. The van der Waals surface area contributed by atoms with E-state index in [9.17, 15) is 21.6 Å². The molecule has 1 aliphatic rings. The molecular formula is C23H31N3O5S2. The Balaban J connectivity index is 1.72. The number of hydrogen-bond acceptors (Lipinski definition) is 5. The van der Waals surface area contributed by atoms with Crippen LogP contribution in [0.1, 0.15) is 43.9 Å². The van der Waals surface area contributed by atoms with Gasteiger partial charge in [0.2, 0.25) is 26.0 Å². The molecule has 2 unspecified atom stereocenters. The lowest BCUT2D eigenvalue weighted by molar-refractivity contribution is -0.123. The summed E-state index contributed by atoms with van der Waals surface area (Å²) in [6.07, 6.45) is 2.47. The second-order valence-corrected chi connectivity index (χ2v) is 12.7. The normalized spacial score (nSPS) is 19.5. The quantitative estimate of drug-likeness (QED) is 0.494. The number of nitrogens with one attached hydrogen (secondary N) is 3. The number of carbonyl (C=O) groups is 1. The molecule has 8 nitrogen and oxygen atoms in total. The van der Waals surface area contributed by atoms with Crippen molar-refractivity contribution < 1.29 is 21.6 Å². The monoisotopic (exact) mass is 493 g/mol. The van der Waals surface area contributed by atoms with Gasteiger partial charge in [0.25, 0.3) is 0 Å². The maximum absolute atomic E-state index is 12.4. The second kappa shape index (κ2) is 10.3. The van der Waals surface area contributed by atoms with Gasteiger partial charge in [-0.1, -0.05) is 48.5 Å². The molecular weight excluding hydrogens is 462 g/mol. The molecule has 33 heavy (non-hydrogen) atoms. The topological polar surface area (TPSA) is 121 Å². The largest absolute Gasteiger partial charge is 0.348 e. The third-order valence-electron chi connectivity index (χ3n) is 5.67. The summed E-state index contributed by atoms with van der Waals surface area (Å²) in [4.78, 5) is 12.0. The van der Waals surface area contributed by atoms with Gasteiger partial charge in [0.05, 0.1) is 17.5 Å². The van der Waals surface area contributed by atoms with Gasteiger partial charge in [0.1, 0.15) is 0 Å². The molecule has 0 aliphatic carbocycles. The molecule has 2 aromatic carbocycles. The third kappa shape index (κ3) is 7.10. The van der Waals surface area contributed by atoms with Crippen molar-refractivity contribution >= 4 is 26.0 Å². The number of carbonyl (C=O) groups excluding carboxylic acids is 1. The van der Waals surface area contributed by atoms with E-state index in [2.05, 4.69) is 14.8 Å². The van der Waals surface area contributed by atoms with Crippen LogP contribution in [0, 0.1) is 0 Å². The summed E-state index contributed by atoms with van der Waals surface area (Å²) in [7, 11) is -6.66. The molecule has 1 aliphatic heterocycles. The van der Waals surface area contributed by atoms with Crippen molar-refractivity contribution in [2.24, 2.45) is 0 Å². The van der Waals surface area contributed by atoms with Crippen molar-refractivity contribution in [1.82, 2.24) is 14.8 Å². The highest BCUT2D eigenvalue weighted by Gasteiger charge is 2.33. The minimum Gasteiger partial charge on any atom is -0.348 e. The Morgan fingerprint density at radius 2 is 1.55 bits per heavy atom. The van der Waals surface area contributed by atoms with Crippen LogP contribution >= 0.6 is 0 Å². The third-order valence-corrected chi connectivity index (χ3v) is 8.27. The summed E-state index contributed by atoms with van der Waals surface area (Å²) < 4.78 is 52.3. The lowest BCUT2D eigenvalue weighted by Gasteiger charge is -2.33. The number of sulfonamides is 2. The Labute approximate surface area is 196 Å². The molecule has 0 spiro atoms. The zero-order valence-electron chi connectivity index (χ0n) is 19.0. The summed E-state index contributed by atoms with van der Waals surface area (Å²) in [5.41, 5.74) is 3.86. The van der Waals surface area contributed by atoms with Crippen molar-refractivity contribution in [1.29, 1.82) is 0 Å². The number of amides is 1. The molecule has 0 saturated carbocycles. The highest BCUT2D eigenvalue weighted by atomic mass is 32.2. The molecule has 1 amide bonds. The number of rotatable bonds is 9. The predicted octanol–water partition coefficient (Wildman–Crippen LogP) is 2.09. The molecule has 10 heteroatoms. The van der Waals surface area contributed by atoms with Crippen LogP contribution in [0.25, 0.3) is 11.1 Å². The number of hydrogen-bond donors (Lipinski definition) is 3. The molecule has 180 valence electrons. The van der Waals surface area contributed by atoms with E-state index in [1.165, 1.54) is 0 Å². The highest BCUT2D eigenvalue weighted by molar-refractivity contribution is 7.90. The Bertz CT molecular complexity index is 1180. The Hall–Kier alpha value is -2.27. The van der Waals surface area contributed by atoms with E-state index < -0.39 is 37.4 Å². The van der Waals surface area contributed by atoms with Gasteiger partial charge in [0.15, 0.2) is 0 Å². The summed E-state index contributed by atoms with van der Waals surface area (Å²) >= 11 is 0. The van der Waals surface area contributed by atoms with Crippen LogP contribution in [0.2, 0.25) is 0 Å². The van der Waals surface area contributed by atoms with Gasteiger partial charge in [-0.15, -0.1) is 0 Å². The zero-order valence-corrected chi connectivity index (χ0v) is 20.7. The standard InChI is InChI=1S/C23H31N3O5S2/c1-16(2)33(30,31)26-21-12-13-22(27)25-23(21)20-10-8-19(9-11-20)18-6-4-17(5-7-18)14-15-24-32(3,28)29/h4-11,16,21,23-24,26H,12-15H2,1-3H3,(H,25,27). The summed E-state index contributed by atoms with van der Waals surface area (Å²) in [5, 5.41) is 2.37. The Morgan fingerprint density at radius 1 is 0.970 bits per heavy atom. The molecule has 1 saturated heterocycles. The Morgan fingerprint density at radius 3 is 2.09 bits per heavy atom. The van der Waals surface area contributed by atoms with Gasteiger partial charge in [-0.25, -0.2) is 26.3 Å². The zero-order chi connectivity index (χ0) is 24.2. The van der Waals surface area contributed by atoms with Crippen LogP contribution < -0.4 is 14.8 Å². The molecule has 1 fully saturated rings. The van der Waals surface area contributed by atoms with Crippen LogP contribution in [0.4, 0.5) is 0 Å². The maximum atomic E-state index is 12.4. The lowest BCUT2D eigenvalue weighted by atomic mass is 9.91. The van der Waals surface area contributed by atoms with Crippen LogP contribution in [-0.2, 0) is 31.3 Å². The van der Waals surface area contributed by atoms with Crippen molar-refractivity contribution in [2.75, 3.05) is 12.8 Å². The molecule has 3 N–H and O–H groups in total. The van der Waals surface area contributed by atoms with E-state index >= 15 is 0 Å². The summed E-state index contributed by atoms with van der Waals surface area (Å²) in [6, 6.07) is 14.8. The smallest absolute Gasteiger partial charge is 0.220 e. The number of piperidine rings is 1. The van der Waals surface area contributed by atoms with E-state index in [1.807, 2.05) is 48.5 Å². The van der Waals surface area contributed by atoms with E-state index in [4.69, 9.17) is 0 Å². The van der Waals surface area contributed by atoms with Crippen molar-refractivity contribution in [3.63, 3.8) is 0 Å². The fourth-order valence-electron chi connectivity index (χ4n) is 3.72. The summed E-state index contributed by atoms with van der Waals surface area (Å²) in [5.74, 6) is -0.0926. The van der Waals surface area contributed by atoms with Crippen LogP contribution in [0.3, 0.4) is 0 Å². The number of benzene rings is 2. The first kappa shape index (κ1) is 25.4. The van der Waals surface area contributed by atoms with E-state index in [1.54, 1.807) is 13.8 Å². The minimum atomic E-state index is -3.47. The van der Waals surface area contributed by atoms with Crippen molar-refractivity contribution in [2.45, 2.75) is 50.4 Å². The van der Waals surface area contributed by atoms with Gasteiger partial charge < -0.3 is 5.32 Å². The lowest BCUT2D eigenvalue weighted by Crippen LogP contribution is -2.51. The SMILES string of the molecule is CC(C)S(=O)(=O)NC1CCC(=O)NC1c1ccc(-c2ccc(CCNS(C)(=O)=O)cc2)cc1. The van der Waals surface area contributed by atoms with Gasteiger partial charge in [-0.3, -0.25) is 4.79 Å². The average Bonchev–Trinajstić information content (AvgIpc) is 2.74. The fraction of sp³-hybridized carbons (Fsp3) is 0.435. The Kier molecular flexibility index (Phi) is 7.94. The first-order chi connectivity index (χ1) is 15.4. The molecule has 3 rings (SSSR count). The first-order valence-electron chi connectivity index (χ1n) is 10.9. The van der Waals surface area contributed by atoms with Crippen molar-refractivity contribution in [3.05, 3.63) is 59.7 Å².